The molecule has 8 nitrogen and oxygen atoms in total. The average molecular weight is 599 g/mol. The first-order valence-electron chi connectivity index (χ1n) is 12.7. The number of nitrogens with zero attached hydrogens (tertiary/aromatic N) is 4. The molecule has 1 aliphatic heterocycles. The largest absolute Gasteiger partial charge is 0.478 e. The van der Waals surface area contributed by atoms with E-state index in [1.807, 2.05) is 4.57 Å². The van der Waals surface area contributed by atoms with E-state index in [2.05, 4.69) is 21.7 Å². The van der Waals surface area contributed by atoms with Crippen LogP contribution < -0.4 is 4.74 Å². The number of benzene rings is 2. The van der Waals surface area contributed by atoms with E-state index in [-0.39, 0.29) is 40.8 Å². The molecule has 0 amide bonds. The maximum Gasteiger partial charge on any atom is 0.335 e. The summed E-state index contributed by atoms with van der Waals surface area (Å²) in [6, 6.07) is 11.7. The van der Waals surface area contributed by atoms with E-state index in [1.54, 1.807) is 24.3 Å². The van der Waals surface area contributed by atoms with E-state index >= 15 is 8.78 Å². The van der Waals surface area contributed by atoms with Crippen LogP contribution >= 0.6 is 23.4 Å². The second-order valence-corrected chi connectivity index (χ2v) is 11.0. The fourth-order valence-corrected chi connectivity index (χ4v) is 5.22. The third-order valence-electron chi connectivity index (χ3n) is 6.50. The topological polar surface area (TPSA) is 98.8 Å². The van der Waals surface area contributed by atoms with Gasteiger partial charge in [-0.3, -0.25) is 4.99 Å². The van der Waals surface area contributed by atoms with E-state index in [4.69, 9.17) is 21.1 Å². The minimum absolute atomic E-state index is 0.000532. The molecule has 0 saturated carbocycles. The van der Waals surface area contributed by atoms with Gasteiger partial charge in [-0.1, -0.05) is 17.7 Å². The first-order chi connectivity index (χ1) is 19.8. The number of ether oxygens (including phenoxy) is 2. The lowest BCUT2D eigenvalue weighted by atomic mass is 10.0. The van der Waals surface area contributed by atoms with Crippen molar-refractivity contribution in [2.75, 3.05) is 19.0 Å². The van der Waals surface area contributed by atoms with Gasteiger partial charge in [0.25, 0.3) is 0 Å². The van der Waals surface area contributed by atoms with Crippen molar-refractivity contribution in [1.29, 1.82) is 0 Å². The third kappa shape index (κ3) is 6.75. The van der Waals surface area contributed by atoms with Crippen LogP contribution in [0, 0.1) is 11.6 Å². The third-order valence-corrected chi connectivity index (χ3v) is 7.68. The van der Waals surface area contributed by atoms with Crippen LogP contribution in [0.4, 0.5) is 8.78 Å². The van der Waals surface area contributed by atoms with Gasteiger partial charge in [0.15, 0.2) is 0 Å². The Balaban J connectivity index is 1.37. The van der Waals surface area contributed by atoms with Crippen molar-refractivity contribution < 1.29 is 28.2 Å². The zero-order valence-corrected chi connectivity index (χ0v) is 23.3. The van der Waals surface area contributed by atoms with Crippen molar-refractivity contribution in [3.63, 3.8) is 0 Å². The number of aromatic carboxylic acids is 1. The van der Waals surface area contributed by atoms with Crippen molar-refractivity contribution >= 4 is 47.1 Å². The lowest BCUT2D eigenvalue weighted by Crippen LogP contribution is -2.31. The van der Waals surface area contributed by atoms with Crippen LogP contribution in [0.2, 0.25) is 0 Å². The van der Waals surface area contributed by atoms with Gasteiger partial charge in [-0.15, -0.1) is 11.8 Å². The number of fused-ring (bicyclic) bond motifs is 1. The molecule has 2 aromatic carbocycles. The highest BCUT2D eigenvalue weighted by Gasteiger charge is 2.23. The number of thioether (sulfide) groups is 1. The molecular weight excluding hydrogens is 574 g/mol. The first kappa shape index (κ1) is 28.7. The molecule has 3 heterocycles. The van der Waals surface area contributed by atoms with Crippen LogP contribution in [0.5, 0.6) is 5.88 Å². The molecule has 1 saturated heterocycles. The molecule has 1 aliphatic rings. The molecule has 0 radical (unpaired) electrons. The van der Waals surface area contributed by atoms with Crippen LogP contribution in [0.3, 0.4) is 0 Å². The van der Waals surface area contributed by atoms with Gasteiger partial charge in [0.2, 0.25) is 5.88 Å². The summed E-state index contributed by atoms with van der Waals surface area (Å²) in [5, 5.41) is 9.44. The van der Waals surface area contributed by atoms with Gasteiger partial charge in [-0.25, -0.2) is 23.5 Å². The monoisotopic (exact) mass is 598 g/mol. The van der Waals surface area contributed by atoms with Crippen molar-refractivity contribution in [1.82, 2.24) is 14.5 Å². The Labute approximate surface area is 243 Å². The SMILES string of the molecule is C=N/C=C(/Cl)SCCOc1cccc(-c2cc(F)c(Cc3nc4ccc(C(=O)O)cc4n3CC3CCO3)cc2F)n1. The molecule has 1 N–H and O–H groups in total. The summed E-state index contributed by atoms with van der Waals surface area (Å²) in [5.74, 6) is -1.05. The summed E-state index contributed by atoms with van der Waals surface area (Å²) in [5.41, 5.74) is 1.61. The maximum atomic E-state index is 15.4. The second kappa shape index (κ2) is 12.8. The van der Waals surface area contributed by atoms with Gasteiger partial charge in [-0.05, 0) is 55.1 Å². The number of carboxylic acids is 1. The molecule has 4 aromatic rings. The summed E-state index contributed by atoms with van der Waals surface area (Å²) in [7, 11) is 0. The number of halogens is 3. The van der Waals surface area contributed by atoms with Crippen molar-refractivity contribution in [2.45, 2.75) is 25.5 Å². The summed E-state index contributed by atoms with van der Waals surface area (Å²) >= 11 is 7.28. The normalized spacial score (nSPS) is 15.1. The molecular formula is C29H25ClF2N4O4S. The molecule has 5 rings (SSSR count). The maximum absolute atomic E-state index is 15.4. The number of pyridine rings is 1. The minimum Gasteiger partial charge on any atom is -0.478 e. The zero-order valence-electron chi connectivity index (χ0n) is 21.7. The Morgan fingerprint density at radius 1 is 1.24 bits per heavy atom. The highest BCUT2D eigenvalue weighted by atomic mass is 35.5. The predicted octanol–water partition coefficient (Wildman–Crippen LogP) is 6.30. The molecule has 2 aromatic heterocycles. The van der Waals surface area contributed by atoms with Crippen LogP contribution in [-0.2, 0) is 17.7 Å². The number of imidazole rings is 1. The van der Waals surface area contributed by atoms with E-state index in [0.717, 1.165) is 18.6 Å². The number of carbonyl (C=O) groups is 1. The standard InChI is InChI=1S/C29H25ClF2N4O4S/c1-33-15-26(30)41-10-9-40-28-4-2-3-23(35-28)20-14-21(31)18(11-22(20)32)13-27-34-24-6-5-17(29(37)38)12-25(24)36(27)16-19-7-8-39-19/h2-6,11-12,14-15,19H,1,7-10,13,16H2,(H,37,38)/b26-15-. The van der Waals surface area contributed by atoms with Gasteiger partial charge in [0.1, 0.15) is 17.5 Å². The number of hydrogen-bond acceptors (Lipinski definition) is 7. The Morgan fingerprint density at radius 2 is 2.07 bits per heavy atom. The van der Waals surface area contributed by atoms with Crippen molar-refractivity contribution in [2.24, 2.45) is 4.99 Å². The summed E-state index contributed by atoms with van der Waals surface area (Å²) in [6.45, 7) is 4.71. The van der Waals surface area contributed by atoms with Gasteiger partial charge in [0.05, 0.1) is 52.1 Å². The van der Waals surface area contributed by atoms with Gasteiger partial charge < -0.3 is 19.1 Å². The first-order valence-corrected chi connectivity index (χ1v) is 14.0. The molecule has 1 unspecified atom stereocenters. The molecule has 41 heavy (non-hydrogen) atoms. The number of rotatable bonds is 12. The average Bonchev–Trinajstić information content (AvgIpc) is 3.26. The summed E-state index contributed by atoms with van der Waals surface area (Å²) < 4.78 is 44.2. The fourth-order valence-electron chi connectivity index (χ4n) is 4.41. The Bertz CT molecular complexity index is 1640. The highest BCUT2D eigenvalue weighted by molar-refractivity contribution is 8.04. The lowest BCUT2D eigenvalue weighted by Gasteiger charge is -2.27. The summed E-state index contributed by atoms with van der Waals surface area (Å²) in [6.07, 6.45) is 2.22. The van der Waals surface area contributed by atoms with Gasteiger partial charge >= 0.3 is 5.97 Å². The Morgan fingerprint density at radius 3 is 2.80 bits per heavy atom. The van der Waals surface area contributed by atoms with E-state index in [0.29, 0.717) is 46.7 Å². The van der Waals surface area contributed by atoms with E-state index in [9.17, 15) is 9.90 Å². The van der Waals surface area contributed by atoms with Crippen molar-refractivity contribution in [3.8, 4) is 17.1 Å². The second-order valence-electron chi connectivity index (χ2n) is 9.20. The van der Waals surface area contributed by atoms with Crippen LogP contribution in [-0.4, -0.2) is 57.4 Å². The quantitative estimate of drug-likeness (QED) is 0.151. The predicted molar refractivity (Wildman–Crippen MR) is 155 cm³/mol. The Kier molecular flexibility index (Phi) is 8.96. The molecule has 0 spiro atoms. The lowest BCUT2D eigenvalue weighted by molar-refractivity contribution is -0.0589. The fraction of sp³-hybridized carbons (Fsp3) is 0.241. The Hall–Kier alpha value is -3.80. The highest BCUT2D eigenvalue weighted by Crippen LogP contribution is 2.29. The van der Waals surface area contributed by atoms with Gasteiger partial charge in [0, 0.05) is 30.4 Å². The molecule has 0 bridgehead atoms. The smallest absolute Gasteiger partial charge is 0.335 e. The summed E-state index contributed by atoms with van der Waals surface area (Å²) in [4.78, 5) is 24.1. The molecule has 0 aliphatic carbocycles. The number of carboxylic acid groups (broad SMARTS) is 1. The van der Waals surface area contributed by atoms with Gasteiger partial charge in [-0.2, -0.15) is 0 Å². The van der Waals surface area contributed by atoms with E-state index in [1.165, 1.54) is 30.1 Å². The molecule has 1 atom stereocenters. The van der Waals surface area contributed by atoms with E-state index < -0.39 is 17.6 Å². The van der Waals surface area contributed by atoms with Crippen LogP contribution in [0.1, 0.15) is 28.2 Å². The number of hydrogen-bond donors (Lipinski definition) is 1. The zero-order chi connectivity index (χ0) is 28.9. The number of aliphatic imine (C=N–C) groups is 1. The minimum atomic E-state index is -1.06. The molecule has 12 heteroatoms. The van der Waals surface area contributed by atoms with Crippen molar-refractivity contribution in [3.05, 3.63) is 87.7 Å². The van der Waals surface area contributed by atoms with Crippen LogP contribution in [0.15, 0.2) is 64.1 Å². The molecule has 1 fully saturated rings. The van der Waals surface area contributed by atoms with Crippen LogP contribution in [0.25, 0.3) is 22.3 Å². The number of aromatic nitrogens is 3. The molecule has 212 valence electrons.